The number of nitrogens with zero attached hydrogens (tertiary/aromatic N) is 4. The van der Waals surface area contributed by atoms with Crippen LogP contribution in [0.3, 0.4) is 0 Å². The lowest BCUT2D eigenvalue weighted by Gasteiger charge is -2.25. The third-order valence-electron chi connectivity index (χ3n) is 4.90. The molecule has 4 rings (SSSR count). The molecule has 146 valence electrons. The van der Waals surface area contributed by atoms with Crippen molar-refractivity contribution in [2.24, 2.45) is 0 Å². The SMILES string of the molecule is CCn1cc2c(n1)NC(=O)CC2c1cccc(OC)c1OCCn1ccnc1. The van der Waals surface area contributed by atoms with Crippen LogP contribution in [0.4, 0.5) is 5.82 Å². The number of hydrogen-bond acceptors (Lipinski definition) is 5. The Morgan fingerprint density at radius 1 is 1.32 bits per heavy atom. The van der Waals surface area contributed by atoms with Crippen molar-refractivity contribution in [2.45, 2.75) is 32.4 Å². The molecule has 1 unspecified atom stereocenters. The number of para-hydroxylation sites is 1. The van der Waals surface area contributed by atoms with E-state index in [0.29, 0.717) is 36.9 Å². The lowest BCUT2D eigenvalue weighted by atomic mass is 9.86. The summed E-state index contributed by atoms with van der Waals surface area (Å²) in [6.07, 6.45) is 7.72. The number of nitrogens with one attached hydrogen (secondary N) is 1. The summed E-state index contributed by atoms with van der Waals surface area (Å²) in [5.74, 6) is 1.75. The summed E-state index contributed by atoms with van der Waals surface area (Å²) in [7, 11) is 1.62. The Bertz CT molecular complexity index is 964. The van der Waals surface area contributed by atoms with Gasteiger partial charge >= 0.3 is 0 Å². The highest BCUT2D eigenvalue weighted by Gasteiger charge is 2.32. The number of amides is 1. The Morgan fingerprint density at radius 2 is 2.21 bits per heavy atom. The first-order valence-electron chi connectivity index (χ1n) is 9.32. The molecule has 0 radical (unpaired) electrons. The van der Waals surface area contributed by atoms with Crippen LogP contribution in [-0.4, -0.2) is 39.0 Å². The molecule has 0 bridgehead atoms. The number of carbonyl (C=O) groups excluding carboxylic acids is 1. The van der Waals surface area contributed by atoms with Crippen molar-refractivity contribution in [3.05, 3.63) is 54.2 Å². The van der Waals surface area contributed by atoms with E-state index >= 15 is 0 Å². The molecule has 3 aromatic rings. The third-order valence-corrected chi connectivity index (χ3v) is 4.90. The zero-order chi connectivity index (χ0) is 19.5. The van der Waals surface area contributed by atoms with Crippen LogP contribution in [-0.2, 0) is 17.9 Å². The molecule has 0 saturated carbocycles. The molecule has 0 aliphatic carbocycles. The van der Waals surface area contributed by atoms with Gasteiger partial charge in [0.05, 0.1) is 20.0 Å². The van der Waals surface area contributed by atoms with Gasteiger partial charge in [-0.2, -0.15) is 5.10 Å². The Kier molecular flexibility index (Phi) is 5.01. The van der Waals surface area contributed by atoms with Crippen molar-refractivity contribution < 1.29 is 14.3 Å². The summed E-state index contributed by atoms with van der Waals surface area (Å²) < 4.78 is 15.5. The molecule has 1 aliphatic heterocycles. The zero-order valence-corrected chi connectivity index (χ0v) is 16.0. The molecule has 0 fully saturated rings. The minimum atomic E-state index is -0.137. The number of ether oxygens (including phenoxy) is 2. The molecule has 1 atom stereocenters. The lowest BCUT2D eigenvalue weighted by molar-refractivity contribution is -0.116. The van der Waals surface area contributed by atoms with Gasteiger partial charge in [0.25, 0.3) is 0 Å². The summed E-state index contributed by atoms with van der Waals surface area (Å²) >= 11 is 0. The van der Waals surface area contributed by atoms with Crippen LogP contribution in [0.5, 0.6) is 11.5 Å². The van der Waals surface area contributed by atoms with Crippen LogP contribution in [0.25, 0.3) is 0 Å². The fourth-order valence-corrected chi connectivity index (χ4v) is 3.50. The van der Waals surface area contributed by atoms with Crippen molar-refractivity contribution in [1.82, 2.24) is 19.3 Å². The van der Waals surface area contributed by atoms with Crippen LogP contribution in [0.2, 0.25) is 0 Å². The van der Waals surface area contributed by atoms with E-state index < -0.39 is 0 Å². The molecule has 3 heterocycles. The molecule has 8 heteroatoms. The number of aryl methyl sites for hydroxylation is 1. The summed E-state index contributed by atoms with van der Waals surface area (Å²) in [4.78, 5) is 16.3. The highest BCUT2D eigenvalue weighted by molar-refractivity contribution is 5.94. The molecular formula is C20H23N5O3. The van der Waals surface area contributed by atoms with Crippen LogP contribution in [0.1, 0.15) is 30.4 Å². The summed E-state index contributed by atoms with van der Waals surface area (Å²) in [6.45, 7) is 3.89. The summed E-state index contributed by atoms with van der Waals surface area (Å²) in [5.41, 5.74) is 1.92. The summed E-state index contributed by atoms with van der Waals surface area (Å²) in [5, 5.41) is 7.34. The largest absolute Gasteiger partial charge is 0.493 e. The molecule has 8 nitrogen and oxygen atoms in total. The predicted molar refractivity (Wildman–Crippen MR) is 104 cm³/mol. The van der Waals surface area contributed by atoms with Gasteiger partial charge in [-0.05, 0) is 13.0 Å². The van der Waals surface area contributed by atoms with E-state index in [1.165, 1.54) is 0 Å². The van der Waals surface area contributed by atoms with Gasteiger partial charge in [0.15, 0.2) is 17.3 Å². The average Bonchev–Trinajstić information content (AvgIpc) is 3.36. The Labute approximate surface area is 163 Å². The minimum absolute atomic E-state index is 0.0500. The normalized spacial score (nSPS) is 15.8. The number of benzene rings is 1. The van der Waals surface area contributed by atoms with E-state index in [9.17, 15) is 4.79 Å². The molecule has 2 aromatic heterocycles. The van der Waals surface area contributed by atoms with Crippen molar-refractivity contribution in [3.63, 3.8) is 0 Å². The van der Waals surface area contributed by atoms with E-state index in [1.807, 2.05) is 46.8 Å². The third kappa shape index (κ3) is 3.45. The first-order valence-corrected chi connectivity index (χ1v) is 9.32. The molecule has 0 spiro atoms. The highest BCUT2D eigenvalue weighted by Crippen LogP contribution is 2.43. The summed E-state index contributed by atoms with van der Waals surface area (Å²) in [6, 6.07) is 5.79. The molecule has 28 heavy (non-hydrogen) atoms. The Morgan fingerprint density at radius 3 is 2.96 bits per heavy atom. The van der Waals surface area contributed by atoms with Gasteiger partial charge in [-0.3, -0.25) is 9.48 Å². The molecule has 1 aromatic carbocycles. The van der Waals surface area contributed by atoms with Gasteiger partial charge in [-0.25, -0.2) is 4.98 Å². The zero-order valence-electron chi connectivity index (χ0n) is 16.0. The molecule has 1 amide bonds. The van der Waals surface area contributed by atoms with E-state index in [2.05, 4.69) is 15.4 Å². The average molecular weight is 381 g/mol. The molecule has 1 N–H and O–H groups in total. The van der Waals surface area contributed by atoms with Crippen LogP contribution in [0.15, 0.2) is 43.1 Å². The maximum atomic E-state index is 12.3. The van der Waals surface area contributed by atoms with E-state index in [4.69, 9.17) is 9.47 Å². The first-order chi connectivity index (χ1) is 13.7. The lowest BCUT2D eigenvalue weighted by Crippen LogP contribution is -2.23. The maximum Gasteiger partial charge on any atom is 0.226 e. The number of aromatic nitrogens is 4. The Hall–Kier alpha value is -3.29. The molecular weight excluding hydrogens is 358 g/mol. The van der Waals surface area contributed by atoms with Gasteiger partial charge in [0, 0.05) is 48.6 Å². The number of carbonyl (C=O) groups is 1. The number of hydrogen-bond donors (Lipinski definition) is 1. The van der Waals surface area contributed by atoms with E-state index in [1.54, 1.807) is 19.6 Å². The second-order valence-electron chi connectivity index (χ2n) is 6.62. The fourth-order valence-electron chi connectivity index (χ4n) is 3.50. The van der Waals surface area contributed by atoms with Gasteiger partial charge < -0.3 is 19.4 Å². The van der Waals surface area contributed by atoms with E-state index in [0.717, 1.165) is 17.7 Å². The maximum absolute atomic E-state index is 12.3. The van der Waals surface area contributed by atoms with Crippen molar-refractivity contribution in [2.75, 3.05) is 19.0 Å². The first kappa shape index (κ1) is 18.1. The van der Waals surface area contributed by atoms with E-state index in [-0.39, 0.29) is 11.8 Å². The second kappa shape index (κ2) is 7.75. The highest BCUT2D eigenvalue weighted by atomic mass is 16.5. The van der Waals surface area contributed by atoms with Gasteiger partial charge in [-0.1, -0.05) is 12.1 Å². The molecule has 0 saturated heterocycles. The van der Waals surface area contributed by atoms with Crippen molar-refractivity contribution >= 4 is 11.7 Å². The Balaban J connectivity index is 1.67. The van der Waals surface area contributed by atoms with Crippen LogP contribution in [0, 0.1) is 0 Å². The van der Waals surface area contributed by atoms with Crippen molar-refractivity contribution in [1.29, 1.82) is 0 Å². The quantitative estimate of drug-likeness (QED) is 0.680. The number of fused-ring (bicyclic) bond motifs is 1. The predicted octanol–water partition coefficient (Wildman–Crippen LogP) is 2.66. The monoisotopic (exact) mass is 381 g/mol. The minimum Gasteiger partial charge on any atom is -0.493 e. The molecule has 1 aliphatic rings. The fraction of sp³-hybridized carbons (Fsp3) is 0.350. The van der Waals surface area contributed by atoms with Crippen LogP contribution >= 0.6 is 0 Å². The number of rotatable bonds is 7. The van der Waals surface area contributed by atoms with Crippen molar-refractivity contribution in [3.8, 4) is 11.5 Å². The topological polar surface area (TPSA) is 83.2 Å². The number of anilines is 1. The smallest absolute Gasteiger partial charge is 0.226 e. The van der Waals surface area contributed by atoms with Crippen LogP contribution < -0.4 is 14.8 Å². The second-order valence-corrected chi connectivity index (χ2v) is 6.62. The number of methoxy groups -OCH3 is 1. The number of imidazole rings is 1. The van der Waals surface area contributed by atoms with Gasteiger partial charge in [0.1, 0.15) is 6.61 Å². The van der Waals surface area contributed by atoms with Gasteiger partial charge in [0.2, 0.25) is 5.91 Å². The standard InChI is InChI=1S/C20H23N5O3/c1-3-25-12-16-15(11-18(26)22-20(16)23-25)14-5-4-6-17(27-2)19(14)28-10-9-24-8-7-21-13-24/h4-8,12-13,15H,3,9-11H2,1-2H3,(H,22,23,26). The van der Waals surface area contributed by atoms with Gasteiger partial charge in [-0.15, -0.1) is 0 Å².